The Balaban J connectivity index is 1.79. The monoisotopic (exact) mass is 467 g/mol. The zero-order valence-electron chi connectivity index (χ0n) is 19.0. The van der Waals surface area contributed by atoms with E-state index in [1.54, 1.807) is 25.1 Å². The summed E-state index contributed by atoms with van der Waals surface area (Å²) in [7, 11) is 0. The van der Waals surface area contributed by atoms with Crippen LogP contribution in [0.4, 0.5) is 4.39 Å². The average Bonchev–Trinajstić information content (AvgIpc) is 2.78. The van der Waals surface area contributed by atoms with E-state index >= 15 is 0 Å². The van der Waals surface area contributed by atoms with E-state index < -0.39 is 17.7 Å². The summed E-state index contributed by atoms with van der Waals surface area (Å²) in [6, 6.07) is 13.8. The zero-order valence-corrected chi connectivity index (χ0v) is 19.7. The van der Waals surface area contributed by atoms with Gasteiger partial charge in [-0.2, -0.15) is 0 Å². The Bertz CT molecular complexity index is 1150. The summed E-state index contributed by atoms with van der Waals surface area (Å²) in [6.45, 7) is 5.52. The molecule has 0 spiro atoms. The number of Topliss-reactive ketones (excluding diaryl/α,β-unsaturated/α-hetero) is 1. The summed E-state index contributed by atoms with van der Waals surface area (Å²) in [5.74, 6) is -1.91. The Hall–Kier alpha value is -2.92. The van der Waals surface area contributed by atoms with Crippen LogP contribution in [0.25, 0.3) is 0 Å². The maximum Gasteiger partial charge on any atom is 0.337 e. The highest BCUT2D eigenvalue weighted by Gasteiger charge is 2.42. The molecule has 0 saturated heterocycles. The smallest absolute Gasteiger partial charge is 0.337 e. The second-order valence-corrected chi connectivity index (χ2v) is 9.15. The molecule has 4 nitrogen and oxygen atoms in total. The van der Waals surface area contributed by atoms with Crippen LogP contribution in [-0.4, -0.2) is 17.9 Å². The first kappa shape index (κ1) is 23.2. The first-order valence-corrected chi connectivity index (χ1v) is 11.6. The summed E-state index contributed by atoms with van der Waals surface area (Å²) >= 11 is 6.03. The molecule has 2 aromatic carbocycles. The standard InChI is InChI=1S/C27H27ClFNO3/c1-4-15(2)33-27(32)24-16(3)30-22-13-18(17-9-11-19(28)12-10-17)14-23(31)26(22)25(24)20-7-5-6-8-21(20)29/h5-12,15,18,25,30H,4,13-14H2,1-3H3/t15-,18+,25-/m1/s1. The summed E-state index contributed by atoms with van der Waals surface area (Å²) in [6.07, 6.45) is 1.23. The summed E-state index contributed by atoms with van der Waals surface area (Å²) in [5.41, 5.74) is 3.38. The average molecular weight is 468 g/mol. The minimum Gasteiger partial charge on any atom is -0.459 e. The van der Waals surface area contributed by atoms with Gasteiger partial charge >= 0.3 is 5.97 Å². The first-order valence-electron chi connectivity index (χ1n) is 11.2. The Morgan fingerprint density at radius 3 is 2.55 bits per heavy atom. The largest absolute Gasteiger partial charge is 0.459 e. The van der Waals surface area contributed by atoms with E-state index in [0.717, 1.165) is 11.3 Å². The van der Waals surface area contributed by atoms with Crippen molar-refractivity contribution in [3.8, 4) is 0 Å². The number of halogens is 2. The van der Waals surface area contributed by atoms with Crippen LogP contribution in [0.5, 0.6) is 0 Å². The third-order valence-electron chi connectivity index (χ3n) is 6.49. The van der Waals surface area contributed by atoms with Crippen molar-refractivity contribution in [2.45, 2.75) is 58.0 Å². The van der Waals surface area contributed by atoms with E-state index in [1.165, 1.54) is 6.07 Å². The lowest BCUT2D eigenvalue weighted by molar-refractivity contribution is -0.144. The molecule has 3 atom stereocenters. The maximum atomic E-state index is 15.0. The fourth-order valence-electron chi connectivity index (χ4n) is 4.63. The molecule has 33 heavy (non-hydrogen) atoms. The molecule has 0 bridgehead atoms. The van der Waals surface area contributed by atoms with Gasteiger partial charge in [0.25, 0.3) is 0 Å². The van der Waals surface area contributed by atoms with Gasteiger partial charge in [-0.15, -0.1) is 0 Å². The van der Waals surface area contributed by atoms with Crippen molar-refractivity contribution in [2.75, 3.05) is 0 Å². The van der Waals surface area contributed by atoms with Gasteiger partial charge in [0.05, 0.1) is 17.6 Å². The number of hydrogen-bond acceptors (Lipinski definition) is 4. The molecule has 1 aliphatic carbocycles. The number of dihydropyridines is 1. The van der Waals surface area contributed by atoms with E-state index in [0.29, 0.717) is 34.7 Å². The first-order chi connectivity index (χ1) is 15.8. The molecule has 172 valence electrons. The van der Waals surface area contributed by atoms with Crippen LogP contribution in [0.2, 0.25) is 5.02 Å². The Kier molecular flexibility index (Phi) is 6.71. The molecule has 1 heterocycles. The predicted molar refractivity (Wildman–Crippen MR) is 126 cm³/mol. The van der Waals surface area contributed by atoms with Crippen molar-refractivity contribution in [3.63, 3.8) is 0 Å². The fourth-order valence-corrected chi connectivity index (χ4v) is 4.76. The molecule has 0 unspecified atom stereocenters. The summed E-state index contributed by atoms with van der Waals surface area (Å²) < 4.78 is 20.6. The molecule has 1 aliphatic heterocycles. The Morgan fingerprint density at radius 1 is 1.18 bits per heavy atom. The lowest BCUT2D eigenvalue weighted by Crippen LogP contribution is -2.36. The van der Waals surface area contributed by atoms with Crippen molar-refractivity contribution in [3.05, 3.63) is 93.0 Å². The van der Waals surface area contributed by atoms with E-state index in [1.807, 2.05) is 38.1 Å². The Morgan fingerprint density at radius 2 is 1.88 bits per heavy atom. The van der Waals surface area contributed by atoms with Crippen LogP contribution < -0.4 is 5.32 Å². The van der Waals surface area contributed by atoms with E-state index in [2.05, 4.69) is 5.32 Å². The molecule has 0 aromatic heterocycles. The van der Waals surface area contributed by atoms with Gasteiger partial charge in [-0.3, -0.25) is 4.79 Å². The van der Waals surface area contributed by atoms with Gasteiger partial charge in [-0.1, -0.05) is 48.9 Å². The van der Waals surface area contributed by atoms with Gasteiger partial charge in [-0.05, 0) is 56.4 Å². The molecule has 0 fully saturated rings. The van der Waals surface area contributed by atoms with E-state index in [-0.39, 0.29) is 29.8 Å². The lowest BCUT2D eigenvalue weighted by Gasteiger charge is -2.37. The van der Waals surface area contributed by atoms with Crippen LogP contribution in [0.3, 0.4) is 0 Å². The third-order valence-corrected chi connectivity index (χ3v) is 6.74. The molecular formula is C27H27ClFNO3. The van der Waals surface area contributed by atoms with E-state index in [4.69, 9.17) is 16.3 Å². The summed E-state index contributed by atoms with van der Waals surface area (Å²) in [5, 5.41) is 3.93. The molecule has 0 saturated carbocycles. The van der Waals surface area contributed by atoms with E-state index in [9.17, 15) is 14.0 Å². The number of carbonyl (C=O) groups excluding carboxylic acids is 2. The fraction of sp³-hybridized carbons (Fsp3) is 0.333. The number of ketones is 1. The van der Waals surface area contributed by atoms with Crippen LogP contribution in [0.15, 0.2) is 71.1 Å². The number of esters is 1. The minimum absolute atomic E-state index is 0.0243. The third kappa shape index (κ3) is 4.60. The normalized spacial score (nSPS) is 21.4. The predicted octanol–water partition coefficient (Wildman–Crippen LogP) is 6.18. The number of rotatable bonds is 5. The highest BCUT2D eigenvalue weighted by Crippen LogP contribution is 2.46. The molecule has 6 heteroatoms. The minimum atomic E-state index is -0.808. The molecule has 1 N–H and O–H groups in total. The molecule has 0 radical (unpaired) electrons. The van der Waals surface area contributed by atoms with Gasteiger partial charge in [0.2, 0.25) is 0 Å². The maximum absolute atomic E-state index is 15.0. The van der Waals surface area contributed by atoms with Crippen molar-refractivity contribution in [1.82, 2.24) is 5.32 Å². The molecule has 2 aliphatic rings. The van der Waals surface area contributed by atoms with Gasteiger partial charge in [0.1, 0.15) is 5.82 Å². The molecule has 2 aromatic rings. The number of allylic oxidation sites excluding steroid dienone is 3. The molecule has 4 rings (SSSR count). The van der Waals surface area contributed by atoms with Crippen LogP contribution >= 0.6 is 11.6 Å². The second-order valence-electron chi connectivity index (χ2n) is 8.71. The number of hydrogen-bond donors (Lipinski definition) is 1. The van der Waals surface area contributed by atoms with Crippen LogP contribution in [-0.2, 0) is 14.3 Å². The Labute approximate surface area is 198 Å². The summed E-state index contributed by atoms with van der Waals surface area (Å²) in [4.78, 5) is 26.7. The van der Waals surface area contributed by atoms with Crippen LogP contribution in [0.1, 0.15) is 63.0 Å². The van der Waals surface area contributed by atoms with Gasteiger partial charge in [0, 0.05) is 34.0 Å². The lowest BCUT2D eigenvalue weighted by atomic mass is 9.71. The second kappa shape index (κ2) is 9.52. The van der Waals surface area contributed by atoms with Gasteiger partial charge in [-0.25, -0.2) is 9.18 Å². The number of carbonyl (C=O) groups is 2. The van der Waals surface area contributed by atoms with Gasteiger partial charge in [0.15, 0.2) is 5.78 Å². The molecule has 0 amide bonds. The zero-order chi connectivity index (χ0) is 23.7. The molecular weight excluding hydrogens is 441 g/mol. The topological polar surface area (TPSA) is 55.4 Å². The number of benzene rings is 2. The SMILES string of the molecule is CC[C@@H](C)OC(=O)C1=C(C)NC2=C(C(=O)C[C@@H](c3ccc(Cl)cc3)C2)[C@@H]1c1ccccc1F. The number of ether oxygens (including phenoxy) is 1. The quantitative estimate of drug-likeness (QED) is 0.533. The van der Waals surface area contributed by atoms with Crippen molar-refractivity contribution >= 4 is 23.4 Å². The number of nitrogens with one attached hydrogen (secondary N) is 1. The van der Waals surface area contributed by atoms with Crippen molar-refractivity contribution < 1.29 is 18.7 Å². The van der Waals surface area contributed by atoms with Gasteiger partial charge < -0.3 is 10.1 Å². The highest BCUT2D eigenvalue weighted by molar-refractivity contribution is 6.30. The van der Waals surface area contributed by atoms with Crippen LogP contribution in [0, 0.1) is 5.82 Å². The van der Waals surface area contributed by atoms with Crippen molar-refractivity contribution in [1.29, 1.82) is 0 Å². The van der Waals surface area contributed by atoms with Crippen molar-refractivity contribution in [2.24, 2.45) is 0 Å². The highest BCUT2D eigenvalue weighted by atomic mass is 35.5.